The molecular formula is C11H22N2O3. The molecule has 0 saturated carbocycles. The summed E-state index contributed by atoms with van der Waals surface area (Å²) < 4.78 is 10.6. The highest BCUT2D eigenvalue weighted by molar-refractivity contribution is 5.79. The summed E-state index contributed by atoms with van der Waals surface area (Å²) in [6, 6.07) is -0.130. The largest absolute Gasteiger partial charge is 0.377 e. The van der Waals surface area contributed by atoms with Gasteiger partial charge in [-0.15, -0.1) is 0 Å². The zero-order chi connectivity index (χ0) is 12.3. The second-order valence-corrected chi connectivity index (χ2v) is 4.44. The molecule has 0 aromatic rings. The number of ether oxygens (including phenoxy) is 2. The van der Waals surface area contributed by atoms with Crippen LogP contribution in [0.5, 0.6) is 0 Å². The van der Waals surface area contributed by atoms with E-state index < -0.39 is 0 Å². The van der Waals surface area contributed by atoms with Crippen molar-refractivity contribution in [2.45, 2.75) is 32.1 Å². The molecule has 16 heavy (non-hydrogen) atoms. The fourth-order valence-electron chi connectivity index (χ4n) is 1.89. The fraction of sp³-hybridized carbons (Fsp3) is 0.909. The average Bonchev–Trinajstić information content (AvgIpc) is 2.69. The van der Waals surface area contributed by atoms with Crippen molar-refractivity contribution < 1.29 is 14.3 Å². The Bertz CT molecular complexity index is 233. The molecule has 1 saturated heterocycles. The van der Waals surface area contributed by atoms with Gasteiger partial charge in [-0.05, 0) is 6.92 Å². The van der Waals surface area contributed by atoms with Gasteiger partial charge in [0.15, 0.2) is 0 Å². The lowest BCUT2D eigenvalue weighted by molar-refractivity contribution is -0.135. The van der Waals surface area contributed by atoms with Crippen LogP contribution in [-0.2, 0) is 14.3 Å². The van der Waals surface area contributed by atoms with E-state index >= 15 is 0 Å². The highest BCUT2D eigenvalue weighted by Crippen LogP contribution is 2.18. The SMILES string of the molecule is COC1CN(C(=O)C(C)C(C)N)CC1OC. The molecular weight excluding hydrogens is 208 g/mol. The van der Waals surface area contributed by atoms with Gasteiger partial charge < -0.3 is 20.1 Å². The van der Waals surface area contributed by atoms with Gasteiger partial charge in [0.2, 0.25) is 5.91 Å². The summed E-state index contributed by atoms with van der Waals surface area (Å²) in [5.74, 6) is -0.0790. The molecule has 1 fully saturated rings. The number of hydrogen-bond acceptors (Lipinski definition) is 4. The number of amides is 1. The number of methoxy groups -OCH3 is 2. The number of likely N-dealkylation sites (tertiary alicyclic amines) is 1. The van der Waals surface area contributed by atoms with Gasteiger partial charge in [0.05, 0.1) is 5.92 Å². The summed E-state index contributed by atoms with van der Waals surface area (Å²) in [6.07, 6.45) is -0.0662. The molecule has 4 unspecified atom stereocenters. The van der Waals surface area contributed by atoms with Crippen LogP contribution < -0.4 is 5.73 Å². The summed E-state index contributed by atoms with van der Waals surface area (Å²) in [5.41, 5.74) is 5.73. The Labute approximate surface area is 96.9 Å². The lowest BCUT2D eigenvalue weighted by Gasteiger charge is -2.22. The monoisotopic (exact) mass is 230 g/mol. The van der Waals surface area contributed by atoms with Crippen molar-refractivity contribution in [1.82, 2.24) is 4.90 Å². The molecule has 0 aromatic carbocycles. The Hall–Kier alpha value is -0.650. The third-order valence-electron chi connectivity index (χ3n) is 3.31. The van der Waals surface area contributed by atoms with Crippen LogP contribution in [0.4, 0.5) is 0 Å². The number of carbonyl (C=O) groups excluding carboxylic acids is 1. The first-order valence-corrected chi connectivity index (χ1v) is 5.61. The minimum absolute atomic E-state index is 0.0331. The van der Waals surface area contributed by atoms with Gasteiger partial charge in [0.25, 0.3) is 0 Å². The van der Waals surface area contributed by atoms with Crippen LogP contribution in [0.1, 0.15) is 13.8 Å². The number of rotatable bonds is 4. The van der Waals surface area contributed by atoms with Gasteiger partial charge >= 0.3 is 0 Å². The van der Waals surface area contributed by atoms with Crippen LogP contribution in [0.2, 0.25) is 0 Å². The standard InChI is InChI=1S/C11H22N2O3/c1-7(8(2)12)11(14)13-5-9(15-3)10(6-13)16-4/h7-10H,5-6,12H2,1-4H3. The Morgan fingerprint density at radius 2 is 1.69 bits per heavy atom. The van der Waals surface area contributed by atoms with E-state index in [4.69, 9.17) is 15.2 Å². The molecule has 0 bridgehead atoms. The van der Waals surface area contributed by atoms with E-state index in [1.807, 2.05) is 13.8 Å². The zero-order valence-electron chi connectivity index (χ0n) is 10.5. The highest BCUT2D eigenvalue weighted by Gasteiger charge is 2.37. The van der Waals surface area contributed by atoms with E-state index in [-0.39, 0.29) is 30.1 Å². The fourth-order valence-corrected chi connectivity index (χ4v) is 1.89. The third-order valence-corrected chi connectivity index (χ3v) is 3.31. The summed E-state index contributed by atoms with van der Waals surface area (Å²) in [7, 11) is 3.28. The van der Waals surface area contributed by atoms with Gasteiger partial charge in [-0.1, -0.05) is 6.92 Å². The van der Waals surface area contributed by atoms with Crippen molar-refractivity contribution >= 4 is 5.91 Å². The van der Waals surface area contributed by atoms with E-state index in [2.05, 4.69) is 0 Å². The van der Waals surface area contributed by atoms with Crippen molar-refractivity contribution in [3.63, 3.8) is 0 Å². The maximum absolute atomic E-state index is 12.0. The van der Waals surface area contributed by atoms with Gasteiger partial charge in [0, 0.05) is 33.4 Å². The first-order valence-electron chi connectivity index (χ1n) is 5.61. The molecule has 0 aliphatic carbocycles. The maximum atomic E-state index is 12.0. The molecule has 1 aliphatic heterocycles. The maximum Gasteiger partial charge on any atom is 0.227 e. The quantitative estimate of drug-likeness (QED) is 0.729. The van der Waals surface area contributed by atoms with Gasteiger partial charge in [-0.25, -0.2) is 0 Å². The van der Waals surface area contributed by atoms with Crippen LogP contribution in [0.15, 0.2) is 0 Å². The molecule has 94 valence electrons. The Kier molecular flexibility index (Phi) is 4.70. The highest BCUT2D eigenvalue weighted by atomic mass is 16.5. The summed E-state index contributed by atoms with van der Waals surface area (Å²) in [6.45, 7) is 4.88. The molecule has 5 heteroatoms. The van der Waals surface area contributed by atoms with E-state index in [1.165, 1.54) is 0 Å². The predicted molar refractivity (Wildman–Crippen MR) is 61.0 cm³/mol. The van der Waals surface area contributed by atoms with Gasteiger partial charge in [-0.3, -0.25) is 4.79 Å². The number of hydrogen-bond donors (Lipinski definition) is 1. The minimum atomic E-state index is -0.159. The topological polar surface area (TPSA) is 64.8 Å². The molecule has 5 nitrogen and oxygen atoms in total. The van der Waals surface area contributed by atoms with E-state index in [0.717, 1.165) is 0 Å². The molecule has 4 atom stereocenters. The van der Waals surface area contributed by atoms with Crippen LogP contribution in [-0.4, -0.2) is 56.4 Å². The predicted octanol–water partition coefficient (Wildman–Crippen LogP) is -0.158. The smallest absolute Gasteiger partial charge is 0.227 e. The van der Waals surface area contributed by atoms with E-state index in [0.29, 0.717) is 13.1 Å². The van der Waals surface area contributed by atoms with Gasteiger partial charge in [0.1, 0.15) is 12.2 Å². The minimum Gasteiger partial charge on any atom is -0.377 e. The molecule has 2 N–H and O–H groups in total. The van der Waals surface area contributed by atoms with Crippen LogP contribution in [0.3, 0.4) is 0 Å². The summed E-state index contributed by atoms with van der Waals surface area (Å²) in [4.78, 5) is 13.8. The first kappa shape index (κ1) is 13.4. The molecule has 0 spiro atoms. The average molecular weight is 230 g/mol. The van der Waals surface area contributed by atoms with Crippen LogP contribution in [0.25, 0.3) is 0 Å². The second kappa shape index (κ2) is 5.61. The Morgan fingerprint density at radius 1 is 1.25 bits per heavy atom. The Morgan fingerprint density at radius 3 is 2.00 bits per heavy atom. The molecule has 1 rings (SSSR count). The van der Waals surface area contributed by atoms with Crippen molar-refractivity contribution in [2.75, 3.05) is 27.3 Å². The third kappa shape index (κ3) is 2.72. The van der Waals surface area contributed by atoms with Crippen LogP contribution >= 0.6 is 0 Å². The number of carbonyl (C=O) groups is 1. The number of nitrogens with two attached hydrogens (primary N) is 1. The molecule has 1 aliphatic rings. The zero-order valence-corrected chi connectivity index (χ0v) is 10.5. The van der Waals surface area contributed by atoms with Crippen molar-refractivity contribution in [2.24, 2.45) is 11.7 Å². The normalized spacial score (nSPS) is 29.2. The lowest BCUT2D eigenvalue weighted by atomic mass is 10.0. The van der Waals surface area contributed by atoms with Crippen molar-refractivity contribution in [3.8, 4) is 0 Å². The molecule has 1 heterocycles. The van der Waals surface area contributed by atoms with Crippen LogP contribution in [0, 0.1) is 5.92 Å². The van der Waals surface area contributed by atoms with E-state index in [1.54, 1.807) is 19.1 Å². The number of nitrogens with zero attached hydrogens (tertiary/aromatic N) is 1. The van der Waals surface area contributed by atoms with Crippen molar-refractivity contribution in [3.05, 3.63) is 0 Å². The Balaban J connectivity index is 2.60. The molecule has 1 amide bonds. The molecule has 0 radical (unpaired) electrons. The van der Waals surface area contributed by atoms with Crippen molar-refractivity contribution in [1.29, 1.82) is 0 Å². The summed E-state index contributed by atoms with van der Waals surface area (Å²) in [5, 5.41) is 0. The second-order valence-electron chi connectivity index (χ2n) is 4.44. The summed E-state index contributed by atoms with van der Waals surface area (Å²) >= 11 is 0. The molecule has 0 aromatic heterocycles. The van der Waals surface area contributed by atoms with E-state index in [9.17, 15) is 4.79 Å². The van der Waals surface area contributed by atoms with Gasteiger partial charge in [-0.2, -0.15) is 0 Å². The lowest BCUT2D eigenvalue weighted by Crippen LogP contribution is -2.41. The first-order chi connectivity index (χ1) is 7.51.